The number of aliphatic hydroxyl groups excluding tert-OH is 1. The molecule has 3 rings (SSSR count). The van der Waals surface area contributed by atoms with E-state index in [9.17, 15) is 19.5 Å². The molecule has 0 aromatic carbocycles. The lowest BCUT2D eigenvalue weighted by molar-refractivity contribution is -0.153. The van der Waals surface area contributed by atoms with Gasteiger partial charge in [0.25, 0.3) is 0 Å². The predicted octanol–water partition coefficient (Wildman–Crippen LogP) is 3.60. The maximum absolute atomic E-state index is 14.5. The van der Waals surface area contributed by atoms with E-state index in [1.165, 1.54) is 0 Å². The first-order valence-corrected chi connectivity index (χ1v) is 14.0. The summed E-state index contributed by atoms with van der Waals surface area (Å²) in [5.41, 5.74) is -1.73. The molecule has 3 aliphatic rings. The lowest BCUT2D eigenvalue weighted by Gasteiger charge is -2.45. The third-order valence-corrected chi connectivity index (χ3v) is 8.73. The number of alkyl halides is 1. The molecule has 3 fully saturated rings. The fraction of sp³-hybridized carbons (Fsp3) is 0.815. The van der Waals surface area contributed by atoms with Crippen molar-refractivity contribution in [2.75, 3.05) is 19.7 Å². The Bertz CT molecular complexity index is 871. The van der Waals surface area contributed by atoms with Gasteiger partial charge in [-0.1, -0.05) is 55.6 Å². The number of rotatable bonds is 12. The zero-order valence-electron chi connectivity index (χ0n) is 22.3. The molecule has 3 heterocycles. The second-order valence-electron chi connectivity index (χ2n) is 12.5. The van der Waals surface area contributed by atoms with E-state index in [-0.39, 0.29) is 28.7 Å². The van der Waals surface area contributed by atoms with E-state index in [1.807, 2.05) is 13.8 Å². The van der Waals surface area contributed by atoms with Gasteiger partial charge in [-0.05, 0) is 44.9 Å². The molecule has 0 aromatic rings. The lowest BCUT2D eigenvalue weighted by Crippen LogP contribution is -2.61. The van der Waals surface area contributed by atoms with E-state index < -0.39 is 41.1 Å². The molecule has 0 aliphatic carbocycles. The Morgan fingerprint density at radius 1 is 1.22 bits per heavy atom. The molecule has 2 N–H and O–H groups in total. The molecular formula is C27H43BrN2O6. The Morgan fingerprint density at radius 2 is 1.86 bits per heavy atom. The van der Waals surface area contributed by atoms with Crippen LogP contribution in [0.3, 0.4) is 0 Å². The molecule has 2 bridgehead atoms. The monoisotopic (exact) mass is 570 g/mol. The van der Waals surface area contributed by atoms with Crippen molar-refractivity contribution in [3.8, 4) is 0 Å². The van der Waals surface area contributed by atoms with Crippen molar-refractivity contribution in [2.24, 2.45) is 17.3 Å². The first-order valence-electron chi connectivity index (χ1n) is 13.1. The number of carboxylic acid groups (broad SMARTS) is 1. The van der Waals surface area contributed by atoms with Gasteiger partial charge in [-0.2, -0.15) is 0 Å². The third kappa shape index (κ3) is 5.25. The second kappa shape index (κ2) is 10.7. The molecule has 8 nitrogen and oxygen atoms in total. The molecular weight excluding hydrogens is 528 g/mol. The van der Waals surface area contributed by atoms with Crippen LogP contribution in [0.1, 0.15) is 73.1 Å². The average Bonchev–Trinajstić information content (AvgIpc) is 3.33. The fourth-order valence-corrected chi connectivity index (χ4v) is 7.93. The molecule has 3 aliphatic heterocycles. The summed E-state index contributed by atoms with van der Waals surface area (Å²) < 4.78 is 6.39. The third-order valence-electron chi connectivity index (χ3n) is 7.89. The standard InChI is InChI=1S/C27H43BrN2O6/c1-7-12-30(26(5,6)16-25(2,3)4)23(33)21-27-15-17(28)20(36-27)18(24(34)35)19(27)22(32)29(21)13-10-8-9-11-14-31/h7,17-21,31H,1,8-16H2,2-6H3,(H,34,35)/t17?,18-,19+,20-,21?,27?/m1/s1. The van der Waals surface area contributed by atoms with Gasteiger partial charge in [0.1, 0.15) is 11.6 Å². The number of unbranched alkanes of at least 4 members (excludes halogenated alkanes) is 3. The van der Waals surface area contributed by atoms with Crippen molar-refractivity contribution in [2.45, 2.75) is 101 Å². The molecule has 36 heavy (non-hydrogen) atoms. The van der Waals surface area contributed by atoms with E-state index in [2.05, 4.69) is 43.3 Å². The summed E-state index contributed by atoms with van der Waals surface area (Å²) in [6.45, 7) is 15.1. The smallest absolute Gasteiger partial charge is 0.310 e. The molecule has 0 aromatic heterocycles. The van der Waals surface area contributed by atoms with Crippen molar-refractivity contribution in [3.05, 3.63) is 12.7 Å². The molecule has 3 unspecified atom stereocenters. The average molecular weight is 572 g/mol. The quantitative estimate of drug-likeness (QED) is 0.211. The number of hydrogen-bond acceptors (Lipinski definition) is 5. The number of carbonyl (C=O) groups excluding carboxylic acids is 2. The molecule has 204 valence electrons. The lowest BCUT2D eigenvalue weighted by atomic mass is 9.70. The molecule has 0 radical (unpaired) electrons. The minimum Gasteiger partial charge on any atom is -0.481 e. The van der Waals surface area contributed by atoms with E-state index in [4.69, 9.17) is 9.84 Å². The molecule has 9 heteroatoms. The number of amides is 2. The maximum Gasteiger partial charge on any atom is 0.310 e. The van der Waals surface area contributed by atoms with E-state index in [0.29, 0.717) is 32.4 Å². The van der Waals surface area contributed by atoms with Crippen LogP contribution in [0.25, 0.3) is 0 Å². The summed E-state index contributed by atoms with van der Waals surface area (Å²) in [7, 11) is 0. The Morgan fingerprint density at radius 3 is 2.42 bits per heavy atom. The minimum atomic E-state index is -1.17. The summed E-state index contributed by atoms with van der Waals surface area (Å²) >= 11 is 3.60. The summed E-state index contributed by atoms with van der Waals surface area (Å²) in [6.07, 6.45) is 5.20. The minimum absolute atomic E-state index is 0.0421. The largest absolute Gasteiger partial charge is 0.481 e. The van der Waals surface area contributed by atoms with Crippen LogP contribution in [0, 0.1) is 17.3 Å². The van der Waals surface area contributed by atoms with E-state index in [0.717, 1.165) is 19.3 Å². The topological polar surface area (TPSA) is 107 Å². The second-order valence-corrected chi connectivity index (χ2v) is 13.6. The zero-order chi connectivity index (χ0) is 27.1. The number of aliphatic hydroxyl groups is 1. The fourth-order valence-electron chi connectivity index (χ4n) is 6.98. The van der Waals surface area contributed by atoms with Crippen LogP contribution in [-0.2, 0) is 19.1 Å². The molecule has 0 saturated carbocycles. The van der Waals surface area contributed by atoms with Crippen LogP contribution in [0.5, 0.6) is 0 Å². The maximum atomic E-state index is 14.5. The number of likely N-dealkylation sites (tertiary alicyclic amines) is 1. The predicted molar refractivity (Wildman–Crippen MR) is 141 cm³/mol. The SMILES string of the molecule is C=CCN(C(=O)C1N(CCCCCCO)C(=O)[C@@H]2[C@@H](C(=O)O)[C@@H]3OC12CC3Br)C(C)(C)CC(C)(C)C. The van der Waals surface area contributed by atoms with E-state index in [1.54, 1.807) is 15.9 Å². The number of fused-ring (bicyclic) bond motifs is 1. The number of ether oxygens (including phenoxy) is 1. The van der Waals surface area contributed by atoms with Crippen LogP contribution < -0.4 is 0 Å². The van der Waals surface area contributed by atoms with Crippen LogP contribution in [0.4, 0.5) is 0 Å². The number of nitrogens with zero attached hydrogens (tertiary/aromatic N) is 2. The highest BCUT2D eigenvalue weighted by molar-refractivity contribution is 9.09. The Kier molecular flexibility index (Phi) is 8.68. The Hall–Kier alpha value is -1.45. The highest BCUT2D eigenvalue weighted by atomic mass is 79.9. The summed E-state index contributed by atoms with van der Waals surface area (Å²) in [5, 5.41) is 19.1. The van der Waals surface area contributed by atoms with Crippen LogP contribution in [-0.4, -0.2) is 85.6 Å². The van der Waals surface area contributed by atoms with Crippen molar-refractivity contribution in [1.29, 1.82) is 0 Å². The van der Waals surface area contributed by atoms with Crippen molar-refractivity contribution in [3.63, 3.8) is 0 Å². The van der Waals surface area contributed by atoms with Crippen molar-refractivity contribution < 1.29 is 29.3 Å². The Labute approximate surface area is 223 Å². The first-order chi connectivity index (χ1) is 16.7. The van der Waals surface area contributed by atoms with Gasteiger partial charge in [-0.15, -0.1) is 6.58 Å². The van der Waals surface area contributed by atoms with Gasteiger partial charge >= 0.3 is 5.97 Å². The summed E-state index contributed by atoms with van der Waals surface area (Å²) in [6, 6.07) is -0.888. The molecule has 6 atom stereocenters. The first kappa shape index (κ1) is 29.1. The van der Waals surface area contributed by atoms with Crippen molar-refractivity contribution in [1.82, 2.24) is 9.80 Å². The highest BCUT2D eigenvalue weighted by Crippen LogP contribution is 2.60. The van der Waals surface area contributed by atoms with Crippen molar-refractivity contribution >= 4 is 33.7 Å². The molecule has 3 saturated heterocycles. The number of carboxylic acids is 1. The van der Waals surface area contributed by atoms with Gasteiger partial charge in [-0.3, -0.25) is 14.4 Å². The van der Waals surface area contributed by atoms with Gasteiger partial charge in [0.05, 0.1) is 17.9 Å². The zero-order valence-corrected chi connectivity index (χ0v) is 23.9. The number of halogens is 1. The number of carbonyl (C=O) groups is 3. The van der Waals surface area contributed by atoms with E-state index >= 15 is 0 Å². The van der Waals surface area contributed by atoms with Crippen LogP contribution in [0.15, 0.2) is 12.7 Å². The van der Waals surface area contributed by atoms with Gasteiger partial charge in [0, 0.05) is 30.1 Å². The molecule has 2 amide bonds. The normalized spacial score (nSPS) is 31.6. The van der Waals surface area contributed by atoms with Gasteiger partial charge < -0.3 is 24.7 Å². The number of hydrogen-bond donors (Lipinski definition) is 2. The van der Waals surface area contributed by atoms with Crippen LogP contribution in [0.2, 0.25) is 0 Å². The van der Waals surface area contributed by atoms with Crippen LogP contribution >= 0.6 is 15.9 Å². The van der Waals surface area contributed by atoms with Gasteiger partial charge in [0.2, 0.25) is 11.8 Å². The molecule has 1 spiro atoms. The highest BCUT2D eigenvalue weighted by Gasteiger charge is 2.77. The number of aliphatic carboxylic acids is 1. The van der Waals surface area contributed by atoms with Gasteiger partial charge in [-0.25, -0.2) is 0 Å². The summed E-state index contributed by atoms with van der Waals surface area (Å²) in [4.78, 5) is 43.7. The van der Waals surface area contributed by atoms with Gasteiger partial charge in [0.15, 0.2) is 0 Å². The Balaban J connectivity index is 2.02. The summed E-state index contributed by atoms with van der Waals surface area (Å²) in [5.74, 6) is -3.42.